The van der Waals surface area contributed by atoms with Crippen molar-refractivity contribution in [1.82, 2.24) is 4.90 Å². The molecule has 4 nitrogen and oxygen atoms in total. The van der Waals surface area contributed by atoms with Gasteiger partial charge in [0, 0.05) is 24.7 Å². The molecule has 2 atom stereocenters. The van der Waals surface area contributed by atoms with Crippen molar-refractivity contribution < 1.29 is 9.53 Å². The van der Waals surface area contributed by atoms with Crippen molar-refractivity contribution in [3.8, 4) is 0 Å². The number of ether oxygens (including phenoxy) is 1. The van der Waals surface area contributed by atoms with Crippen LogP contribution in [-0.2, 0) is 9.53 Å². The summed E-state index contributed by atoms with van der Waals surface area (Å²) in [6.45, 7) is 5.54. The molecular formula is C11H20N2O2. The minimum atomic E-state index is -0.213. The minimum absolute atomic E-state index is 0.109. The van der Waals surface area contributed by atoms with Crippen molar-refractivity contribution in [2.45, 2.75) is 50.8 Å². The first-order chi connectivity index (χ1) is 7.00. The Bertz CT molecular complexity index is 259. The van der Waals surface area contributed by atoms with Crippen molar-refractivity contribution in [2.75, 3.05) is 13.2 Å². The Labute approximate surface area is 90.8 Å². The molecule has 0 bridgehead atoms. The van der Waals surface area contributed by atoms with Crippen LogP contribution in [-0.4, -0.2) is 41.6 Å². The molecule has 2 aliphatic heterocycles. The maximum atomic E-state index is 12.2. The van der Waals surface area contributed by atoms with E-state index in [0.29, 0.717) is 6.54 Å². The van der Waals surface area contributed by atoms with E-state index >= 15 is 0 Å². The molecule has 0 saturated carbocycles. The lowest BCUT2D eigenvalue weighted by Crippen LogP contribution is -2.47. The molecule has 2 saturated heterocycles. The fourth-order valence-corrected chi connectivity index (χ4v) is 2.63. The van der Waals surface area contributed by atoms with E-state index in [0.717, 1.165) is 25.9 Å². The predicted octanol–water partition coefficient (Wildman–Crippen LogP) is 0.504. The van der Waals surface area contributed by atoms with Gasteiger partial charge in [-0.05, 0) is 33.1 Å². The Morgan fingerprint density at radius 1 is 1.53 bits per heavy atom. The predicted molar refractivity (Wildman–Crippen MR) is 57.4 cm³/mol. The molecular weight excluding hydrogens is 192 g/mol. The maximum Gasteiger partial charge on any atom is 0.252 e. The van der Waals surface area contributed by atoms with Gasteiger partial charge in [-0.25, -0.2) is 0 Å². The van der Waals surface area contributed by atoms with Crippen LogP contribution in [0.4, 0.5) is 0 Å². The van der Waals surface area contributed by atoms with E-state index in [9.17, 15) is 4.79 Å². The van der Waals surface area contributed by atoms with E-state index in [1.54, 1.807) is 0 Å². The van der Waals surface area contributed by atoms with Crippen LogP contribution in [0, 0.1) is 0 Å². The lowest BCUT2D eigenvalue weighted by atomic mass is 10.00. The summed E-state index contributed by atoms with van der Waals surface area (Å²) in [5.41, 5.74) is 5.79. The lowest BCUT2D eigenvalue weighted by Gasteiger charge is -2.33. The summed E-state index contributed by atoms with van der Waals surface area (Å²) in [5, 5.41) is 0. The van der Waals surface area contributed by atoms with Crippen LogP contribution in [0.5, 0.6) is 0 Å². The number of nitrogens with zero attached hydrogens (tertiary/aromatic N) is 1. The summed E-state index contributed by atoms with van der Waals surface area (Å²) in [6.07, 6.45) is 2.53. The first-order valence-corrected chi connectivity index (χ1v) is 5.69. The third kappa shape index (κ3) is 2.01. The number of carbonyl (C=O) groups excluding carboxylic acids is 1. The summed E-state index contributed by atoms with van der Waals surface area (Å²) in [6, 6.07) is 0.116. The number of amides is 1. The highest BCUT2D eigenvalue weighted by Crippen LogP contribution is 2.30. The molecule has 2 heterocycles. The van der Waals surface area contributed by atoms with Crippen molar-refractivity contribution in [1.29, 1.82) is 0 Å². The molecule has 0 aromatic heterocycles. The summed E-state index contributed by atoms with van der Waals surface area (Å²) >= 11 is 0. The normalized spacial score (nSPS) is 34.7. The van der Waals surface area contributed by atoms with Gasteiger partial charge in [-0.2, -0.15) is 0 Å². The van der Waals surface area contributed by atoms with Crippen molar-refractivity contribution >= 4 is 5.91 Å². The van der Waals surface area contributed by atoms with E-state index in [1.165, 1.54) is 0 Å². The highest BCUT2D eigenvalue weighted by Gasteiger charge is 2.42. The molecule has 0 spiro atoms. The molecule has 2 N–H and O–H groups in total. The van der Waals surface area contributed by atoms with Crippen LogP contribution >= 0.6 is 0 Å². The van der Waals surface area contributed by atoms with Gasteiger partial charge in [0.2, 0.25) is 0 Å². The SMILES string of the molecule is CC1(C)CC(N)CN1C(=O)C1CCCO1. The fraction of sp³-hybridized carbons (Fsp3) is 0.909. The molecule has 4 heteroatoms. The number of nitrogens with two attached hydrogens (primary N) is 1. The van der Waals surface area contributed by atoms with E-state index in [2.05, 4.69) is 13.8 Å². The molecule has 0 aliphatic carbocycles. The summed E-state index contributed by atoms with van der Waals surface area (Å²) in [5.74, 6) is 0.130. The van der Waals surface area contributed by atoms with Crippen LogP contribution in [0.15, 0.2) is 0 Å². The van der Waals surface area contributed by atoms with Gasteiger partial charge in [-0.15, -0.1) is 0 Å². The standard InChI is InChI=1S/C11H20N2O2/c1-11(2)6-8(12)7-13(11)10(14)9-4-3-5-15-9/h8-9H,3-7,12H2,1-2H3. The lowest BCUT2D eigenvalue weighted by molar-refractivity contribution is -0.144. The van der Waals surface area contributed by atoms with E-state index in [4.69, 9.17) is 10.5 Å². The van der Waals surface area contributed by atoms with Crippen LogP contribution in [0.1, 0.15) is 33.1 Å². The van der Waals surface area contributed by atoms with Gasteiger partial charge in [0.1, 0.15) is 6.10 Å². The van der Waals surface area contributed by atoms with Crippen LogP contribution in [0.3, 0.4) is 0 Å². The molecule has 86 valence electrons. The first-order valence-electron chi connectivity index (χ1n) is 5.69. The van der Waals surface area contributed by atoms with Gasteiger partial charge in [-0.1, -0.05) is 0 Å². The molecule has 2 aliphatic rings. The number of hydrogen-bond donors (Lipinski definition) is 1. The molecule has 0 aromatic rings. The maximum absolute atomic E-state index is 12.2. The van der Waals surface area contributed by atoms with Crippen molar-refractivity contribution in [3.63, 3.8) is 0 Å². The summed E-state index contributed by atoms with van der Waals surface area (Å²) < 4.78 is 5.42. The zero-order valence-electron chi connectivity index (χ0n) is 9.53. The minimum Gasteiger partial charge on any atom is -0.368 e. The number of hydrogen-bond acceptors (Lipinski definition) is 3. The first kappa shape index (κ1) is 10.9. The highest BCUT2D eigenvalue weighted by molar-refractivity contribution is 5.82. The smallest absolute Gasteiger partial charge is 0.252 e. The third-order valence-corrected chi connectivity index (χ3v) is 3.38. The van der Waals surface area contributed by atoms with Gasteiger partial charge < -0.3 is 15.4 Å². The molecule has 0 aromatic carbocycles. The Morgan fingerprint density at radius 2 is 2.27 bits per heavy atom. The van der Waals surface area contributed by atoms with Crippen molar-refractivity contribution in [3.05, 3.63) is 0 Å². The number of rotatable bonds is 1. The topological polar surface area (TPSA) is 55.6 Å². The van der Waals surface area contributed by atoms with E-state index in [1.807, 2.05) is 4.90 Å². The third-order valence-electron chi connectivity index (χ3n) is 3.38. The van der Waals surface area contributed by atoms with Crippen molar-refractivity contribution in [2.24, 2.45) is 5.73 Å². The molecule has 2 fully saturated rings. The van der Waals surface area contributed by atoms with Gasteiger partial charge in [-0.3, -0.25) is 4.79 Å². The molecule has 2 unspecified atom stereocenters. The molecule has 0 radical (unpaired) electrons. The van der Waals surface area contributed by atoms with Crippen LogP contribution in [0.2, 0.25) is 0 Å². The fourth-order valence-electron chi connectivity index (χ4n) is 2.63. The second-order valence-electron chi connectivity index (χ2n) is 5.23. The van der Waals surface area contributed by atoms with Crippen LogP contribution in [0.25, 0.3) is 0 Å². The largest absolute Gasteiger partial charge is 0.368 e. The summed E-state index contributed by atoms with van der Waals surface area (Å²) in [4.78, 5) is 14.1. The number of carbonyl (C=O) groups is 1. The van der Waals surface area contributed by atoms with E-state index in [-0.39, 0.29) is 23.6 Å². The Morgan fingerprint density at radius 3 is 2.73 bits per heavy atom. The van der Waals surface area contributed by atoms with Gasteiger partial charge in [0.05, 0.1) is 0 Å². The van der Waals surface area contributed by atoms with Gasteiger partial charge in [0.15, 0.2) is 0 Å². The second kappa shape index (κ2) is 3.76. The molecule has 2 rings (SSSR count). The number of likely N-dealkylation sites (tertiary alicyclic amines) is 1. The quantitative estimate of drug-likeness (QED) is 0.688. The highest BCUT2D eigenvalue weighted by atomic mass is 16.5. The average Bonchev–Trinajstić information content (AvgIpc) is 2.71. The molecule has 1 amide bonds. The zero-order valence-corrected chi connectivity index (χ0v) is 9.53. The summed E-state index contributed by atoms with van der Waals surface area (Å²) in [7, 11) is 0. The van der Waals surface area contributed by atoms with Crippen LogP contribution < -0.4 is 5.73 Å². The average molecular weight is 212 g/mol. The second-order valence-corrected chi connectivity index (χ2v) is 5.23. The van der Waals surface area contributed by atoms with E-state index < -0.39 is 0 Å². The molecule has 15 heavy (non-hydrogen) atoms. The zero-order chi connectivity index (χ0) is 11.1. The Balaban J connectivity index is 2.06. The van der Waals surface area contributed by atoms with Gasteiger partial charge in [0.25, 0.3) is 5.91 Å². The Kier molecular flexibility index (Phi) is 2.73. The Hall–Kier alpha value is -0.610. The monoisotopic (exact) mass is 212 g/mol. The van der Waals surface area contributed by atoms with Gasteiger partial charge >= 0.3 is 0 Å².